The van der Waals surface area contributed by atoms with Crippen LogP contribution in [0.25, 0.3) is 0 Å². The van der Waals surface area contributed by atoms with E-state index in [4.69, 9.17) is 14.2 Å². The molecule has 2 heterocycles. The number of esters is 2. The molecule has 1 aromatic rings. The van der Waals surface area contributed by atoms with Crippen LogP contribution < -0.4 is 20.7 Å². The molecule has 2 saturated heterocycles. The summed E-state index contributed by atoms with van der Waals surface area (Å²) in [6.07, 6.45) is 0.320. The number of hydrogen-bond donors (Lipinski definition) is 3. The lowest BCUT2D eigenvalue weighted by Crippen LogP contribution is -2.63. The molecule has 0 unspecified atom stereocenters. The lowest BCUT2D eigenvalue weighted by atomic mass is 9.92. The van der Waals surface area contributed by atoms with Crippen molar-refractivity contribution in [2.45, 2.75) is 203 Å². The van der Waals surface area contributed by atoms with Crippen LogP contribution in [0.15, 0.2) is 24.3 Å². The number of fused-ring (bicyclic) bond motifs is 1. The Morgan fingerprint density at radius 2 is 1.17 bits per heavy atom. The van der Waals surface area contributed by atoms with E-state index in [-0.39, 0.29) is 31.4 Å². The standard InChI is InChI=1S/C63H103N9O14/c1-21-39(9)52-54(75)64-35-47(73)68(16)50(37(5)6)55(76)65-44(33-42-26-28-43(84-20)29-27-42)62(83)86-41(11)57(78)72-31-24-23-25-45(72)58(79)69(17)51(38(7)8)56(77)66-49(36(3)4)60(81)67(15)46(34-48(74)85-32-30-63(12,13)14)59(80)71(19)53(40(10)22-2)61(82)70(52)18/h26-29,36-41,44-46,49-53H,21-25,30-35H2,1-20H3,(H,64,75)(H,65,76)(H,66,77)/t39-,40+,41+,44+,45+,46-,49+,50+,51+,52+,53+/m1/s1. The molecule has 0 aromatic heterocycles. The molecule has 23 nitrogen and oxygen atoms in total. The van der Waals surface area contributed by atoms with E-state index < -0.39 is 162 Å². The van der Waals surface area contributed by atoms with Crippen LogP contribution in [0.4, 0.5) is 0 Å². The molecule has 0 bridgehead atoms. The van der Waals surface area contributed by atoms with Crippen molar-refractivity contribution in [3.8, 4) is 5.75 Å². The van der Waals surface area contributed by atoms with Crippen molar-refractivity contribution in [3.63, 3.8) is 0 Å². The van der Waals surface area contributed by atoms with Crippen LogP contribution in [0, 0.1) is 35.0 Å². The second-order valence-electron chi connectivity index (χ2n) is 25.8. The first-order valence-electron chi connectivity index (χ1n) is 30.6. The summed E-state index contributed by atoms with van der Waals surface area (Å²) in [5.74, 6) is -10.3. The van der Waals surface area contributed by atoms with Gasteiger partial charge in [-0.2, -0.15) is 0 Å². The molecule has 11 atom stereocenters. The van der Waals surface area contributed by atoms with Crippen molar-refractivity contribution >= 4 is 65.1 Å². The molecule has 0 spiro atoms. The van der Waals surface area contributed by atoms with Gasteiger partial charge in [-0.1, -0.05) is 115 Å². The number of piperidine rings is 1. The lowest BCUT2D eigenvalue weighted by Gasteiger charge is -2.41. The molecule has 0 radical (unpaired) electrons. The van der Waals surface area contributed by atoms with Gasteiger partial charge in [0, 0.05) is 48.2 Å². The minimum absolute atomic E-state index is 0.0172. The normalized spacial score (nSPS) is 25.9. The van der Waals surface area contributed by atoms with Crippen LogP contribution in [-0.4, -0.2) is 211 Å². The van der Waals surface area contributed by atoms with Gasteiger partial charge < -0.3 is 59.6 Å². The Morgan fingerprint density at radius 3 is 1.71 bits per heavy atom. The van der Waals surface area contributed by atoms with Gasteiger partial charge in [0.2, 0.25) is 47.3 Å². The number of rotatable bonds is 14. The summed E-state index contributed by atoms with van der Waals surface area (Å²) < 4.78 is 16.9. The van der Waals surface area contributed by atoms with Crippen molar-refractivity contribution in [2.75, 3.05) is 62.0 Å². The summed E-state index contributed by atoms with van der Waals surface area (Å²) in [5.41, 5.74) is 0.375. The van der Waals surface area contributed by atoms with E-state index in [0.29, 0.717) is 43.4 Å². The van der Waals surface area contributed by atoms with E-state index in [1.165, 1.54) is 68.9 Å². The number of carbonyl (C=O) groups is 11. The van der Waals surface area contributed by atoms with Crippen LogP contribution in [0.2, 0.25) is 0 Å². The molecule has 2 aliphatic rings. The Labute approximate surface area is 511 Å². The predicted molar refractivity (Wildman–Crippen MR) is 324 cm³/mol. The maximum absolute atomic E-state index is 15.3. The molecule has 2 fully saturated rings. The van der Waals surface area contributed by atoms with Crippen LogP contribution in [0.1, 0.15) is 147 Å². The number of hydrogen-bond acceptors (Lipinski definition) is 14. The zero-order chi connectivity index (χ0) is 65.4. The van der Waals surface area contributed by atoms with E-state index in [1.807, 2.05) is 34.6 Å². The Kier molecular flexibility index (Phi) is 28.0. The molecule has 86 heavy (non-hydrogen) atoms. The van der Waals surface area contributed by atoms with Crippen molar-refractivity contribution in [1.82, 2.24) is 45.3 Å². The highest BCUT2D eigenvalue weighted by atomic mass is 16.6. The van der Waals surface area contributed by atoms with Crippen molar-refractivity contribution in [1.29, 1.82) is 0 Å². The van der Waals surface area contributed by atoms with Gasteiger partial charge in [0.15, 0.2) is 6.10 Å². The van der Waals surface area contributed by atoms with Gasteiger partial charge in [-0.15, -0.1) is 0 Å². The third kappa shape index (κ3) is 19.3. The first kappa shape index (κ1) is 73.4. The van der Waals surface area contributed by atoms with Gasteiger partial charge in [-0.05, 0) is 85.3 Å². The van der Waals surface area contributed by atoms with Gasteiger partial charge in [0.1, 0.15) is 54.1 Å². The fourth-order valence-electron chi connectivity index (χ4n) is 11.2. The fraction of sp³-hybridized carbons (Fsp3) is 0.730. The fourth-order valence-corrected chi connectivity index (χ4v) is 11.2. The Hall–Kier alpha value is -6.81. The van der Waals surface area contributed by atoms with E-state index in [9.17, 15) is 38.4 Å². The monoisotopic (exact) mass is 1210 g/mol. The van der Waals surface area contributed by atoms with E-state index in [1.54, 1.807) is 79.7 Å². The zero-order valence-corrected chi connectivity index (χ0v) is 55.1. The first-order chi connectivity index (χ1) is 40.1. The maximum Gasteiger partial charge on any atom is 0.329 e. The van der Waals surface area contributed by atoms with Gasteiger partial charge in [0.05, 0.1) is 26.7 Å². The number of carbonyl (C=O) groups excluding carboxylic acids is 11. The summed E-state index contributed by atoms with van der Waals surface area (Å²) in [6.45, 7) is 24.2. The number of nitrogens with zero attached hydrogens (tertiary/aromatic N) is 6. The van der Waals surface area contributed by atoms with Gasteiger partial charge >= 0.3 is 11.9 Å². The molecular weight excluding hydrogens is 1110 g/mol. The van der Waals surface area contributed by atoms with Gasteiger partial charge in [-0.25, -0.2) is 4.79 Å². The molecule has 0 saturated carbocycles. The molecule has 3 rings (SSSR count). The molecule has 484 valence electrons. The second-order valence-corrected chi connectivity index (χ2v) is 25.8. The SMILES string of the molecule is CC[C@@H](C)[C@H]1C(=O)NCC(=O)N(C)[C@@H](C(C)C)C(=O)N[C@@H](Cc2ccc(OC)cc2)C(=O)O[C@@H](C)C(=O)N2CCCC[C@H]2C(=O)N(C)[C@@H](C(C)C)C(=O)N[C@@H](C(C)C)C(=O)N(C)[C@H](CC(=O)OCCC(C)(C)C)C(=O)N(C)[C@@H]([C@@H](C)CC)C(=O)N1C. The quantitative estimate of drug-likeness (QED) is 0.220. The smallest absolute Gasteiger partial charge is 0.329 e. The Morgan fingerprint density at radius 1 is 0.640 bits per heavy atom. The highest BCUT2D eigenvalue weighted by Crippen LogP contribution is 2.27. The third-order valence-corrected chi connectivity index (χ3v) is 16.9. The Balaban J connectivity index is 2.31. The molecule has 0 aliphatic carbocycles. The summed E-state index contributed by atoms with van der Waals surface area (Å²) in [5, 5.41) is 8.32. The molecule has 3 N–H and O–H groups in total. The number of methoxy groups -OCH3 is 1. The number of ether oxygens (including phenoxy) is 3. The molecule has 2 aliphatic heterocycles. The first-order valence-corrected chi connectivity index (χ1v) is 30.6. The van der Waals surface area contributed by atoms with Crippen LogP contribution in [0.5, 0.6) is 5.75 Å². The van der Waals surface area contributed by atoms with Crippen LogP contribution >= 0.6 is 0 Å². The highest BCUT2D eigenvalue weighted by Gasteiger charge is 2.46. The summed E-state index contributed by atoms with van der Waals surface area (Å²) in [6, 6.07) is -3.52. The second kappa shape index (κ2) is 32.8. The largest absolute Gasteiger partial charge is 0.497 e. The highest BCUT2D eigenvalue weighted by molar-refractivity contribution is 5.99. The number of nitrogens with one attached hydrogen (secondary N) is 3. The van der Waals surface area contributed by atoms with Crippen LogP contribution in [-0.2, 0) is 68.6 Å². The summed E-state index contributed by atoms with van der Waals surface area (Å²) >= 11 is 0. The number of benzene rings is 1. The van der Waals surface area contributed by atoms with E-state index >= 15 is 14.4 Å². The minimum atomic E-state index is -1.58. The van der Waals surface area contributed by atoms with Gasteiger partial charge in [-0.3, -0.25) is 47.9 Å². The molecular formula is C63H103N9O14. The number of likely N-dealkylation sites (N-methyl/N-ethyl adjacent to an activating group) is 5. The van der Waals surface area contributed by atoms with E-state index in [2.05, 4.69) is 16.0 Å². The van der Waals surface area contributed by atoms with Gasteiger partial charge in [0.25, 0.3) is 5.91 Å². The number of amides is 9. The lowest BCUT2D eigenvalue weighted by molar-refractivity contribution is -0.165. The predicted octanol–water partition coefficient (Wildman–Crippen LogP) is 4.21. The summed E-state index contributed by atoms with van der Waals surface area (Å²) in [4.78, 5) is 168. The molecule has 9 amide bonds. The van der Waals surface area contributed by atoms with Crippen molar-refractivity contribution in [2.24, 2.45) is 35.0 Å². The Bertz CT molecular complexity index is 2530. The average molecular weight is 1210 g/mol. The molecule has 1 aromatic carbocycles. The number of cyclic esters (lactones) is 1. The average Bonchev–Trinajstić information content (AvgIpc) is 1.25. The zero-order valence-electron chi connectivity index (χ0n) is 55.1. The van der Waals surface area contributed by atoms with E-state index in [0.717, 1.165) is 9.80 Å². The molecule has 23 heteroatoms. The van der Waals surface area contributed by atoms with Crippen molar-refractivity contribution in [3.05, 3.63) is 29.8 Å². The van der Waals surface area contributed by atoms with Crippen LogP contribution in [0.3, 0.4) is 0 Å². The summed E-state index contributed by atoms with van der Waals surface area (Å²) in [7, 11) is 8.49. The minimum Gasteiger partial charge on any atom is -0.497 e. The maximum atomic E-state index is 15.3. The third-order valence-electron chi connectivity index (χ3n) is 16.9. The van der Waals surface area contributed by atoms with Crippen molar-refractivity contribution < 1.29 is 67.0 Å². The topological polar surface area (TPSA) is 271 Å².